The summed E-state index contributed by atoms with van der Waals surface area (Å²) in [4.78, 5) is 4.70. The van der Waals surface area contributed by atoms with Gasteiger partial charge in [0.25, 0.3) is 0 Å². The normalized spacial score (nSPS) is 12.0. The SMILES string of the molecule is CCNC(=NCc1cc(C(C)C)no1)NCCNS(=O)(=O)c1ccc(C)cc1.I. The molecule has 0 fully saturated rings. The second-order valence-corrected chi connectivity index (χ2v) is 8.47. The largest absolute Gasteiger partial charge is 0.359 e. The summed E-state index contributed by atoms with van der Waals surface area (Å²) >= 11 is 0. The van der Waals surface area contributed by atoms with Crippen LogP contribution in [0.15, 0.2) is 44.7 Å². The van der Waals surface area contributed by atoms with Gasteiger partial charge in [-0.25, -0.2) is 18.1 Å². The maximum absolute atomic E-state index is 12.3. The van der Waals surface area contributed by atoms with Crippen LogP contribution in [0.5, 0.6) is 0 Å². The molecule has 0 atom stereocenters. The van der Waals surface area contributed by atoms with E-state index in [2.05, 4.69) is 25.5 Å². The molecule has 0 radical (unpaired) electrons. The van der Waals surface area contributed by atoms with Gasteiger partial charge in [-0.3, -0.25) is 0 Å². The molecule has 162 valence electrons. The van der Waals surface area contributed by atoms with Gasteiger partial charge in [-0.2, -0.15) is 0 Å². The van der Waals surface area contributed by atoms with Crippen molar-refractivity contribution in [3.05, 3.63) is 47.3 Å². The lowest BCUT2D eigenvalue weighted by Gasteiger charge is -2.12. The minimum atomic E-state index is -3.52. The first-order valence-electron chi connectivity index (χ1n) is 9.36. The van der Waals surface area contributed by atoms with Crippen LogP contribution in [0.2, 0.25) is 0 Å². The first-order chi connectivity index (χ1) is 13.3. The smallest absolute Gasteiger partial charge is 0.240 e. The van der Waals surface area contributed by atoms with Crippen molar-refractivity contribution in [1.29, 1.82) is 0 Å². The van der Waals surface area contributed by atoms with E-state index in [0.29, 0.717) is 37.3 Å². The highest BCUT2D eigenvalue weighted by atomic mass is 127. The number of aromatic nitrogens is 1. The summed E-state index contributed by atoms with van der Waals surface area (Å²) in [5, 5.41) is 10.2. The summed E-state index contributed by atoms with van der Waals surface area (Å²) in [5.41, 5.74) is 1.91. The number of aliphatic imine (C=N–C) groups is 1. The Hall–Kier alpha value is -1.66. The Morgan fingerprint density at radius 1 is 1.17 bits per heavy atom. The van der Waals surface area contributed by atoms with Gasteiger partial charge in [0.05, 0.1) is 10.6 Å². The molecule has 0 aliphatic rings. The molecule has 1 aromatic heterocycles. The summed E-state index contributed by atoms with van der Waals surface area (Å²) in [6.45, 7) is 9.65. The number of halogens is 1. The fourth-order valence-electron chi connectivity index (χ4n) is 2.34. The third-order valence-electron chi connectivity index (χ3n) is 3.95. The first kappa shape index (κ1) is 25.4. The van der Waals surface area contributed by atoms with Crippen molar-refractivity contribution in [3.63, 3.8) is 0 Å². The summed E-state index contributed by atoms with van der Waals surface area (Å²) < 4.78 is 32.4. The van der Waals surface area contributed by atoms with Crippen LogP contribution in [0.1, 0.15) is 43.7 Å². The highest BCUT2D eigenvalue weighted by molar-refractivity contribution is 14.0. The number of benzene rings is 1. The number of aryl methyl sites for hydroxylation is 1. The Bertz CT molecular complexity index is 880. The third kappa shape index (κ3) is 8.31. The number of nitrogens with zero attached hydrogens (tertiary/aromatic N) is 2. The van der Waals surface area contributed by atoms with Crippen molar-refractivity contribution in [2.75, 3.05) is 19.6 Å². The van der Waals surface area contributed by atoms with E-state index in [9.17, 15) is 8.42 Å². The standard InChI is InChI=1S/C19H29N5O3S.HI/c1-5-20-19(22-13-16-12-18(14(2)3)24-27-16)21-10-11-23-28(25,26)17-8-6-15(4)7-9-17;/h6-9,12,14,23H,5,10-11,13H2,1-4H3,(H2,20,21,22);1H. The fraction of sp³-hybridized carbons (Fsp3) is 0.474. The van der Waals surface area contributed by atoms with Crippen LogP contribution < -0.4 is 15.4 Å². The zero-order valence-electron chi connectivity index (χ0n) is 17.2. The van der Waals surface area contributed by atoms with Crippen LogP contribution in [-0.2, 0) is 16.6 Å². The molecule has 3 N–H and O–H groups in total. The van der Waals surface area contributed by atoms with Crippen molar-refractivity contribution in [2.45, 2.75) is 45.1 Å². The van der Waals surface area contributed by atoms with Crippen LogP contribution in [0.3, 0.4) is 0 Å². The van der Waals surface area contributed by atoms with E-state index in [-0.39, 0.29) is 35.4 Å². The molecule has 0 aliphatic heterocycles. The number of sulfonamides is 1. The average molecular weight is 535 g/mol. The van der Waals surface area contributed by atoms with Gasteiger partial charge in [0.15, 0.2) is 11.7 Å². The van der Waals surface area contributed by atoms with E-state index in [4.69, 9.17) is 4.52 Å². The highest BCUT2D eigenvalue weighted by Crippen LogP contribution is 2.14. The van der Waals surface area contributed by atoms with E-state index in [1.807, 2.05) is 33.8 Å². The van der Waals surface area contributed by atoms with Crippen molar-refractivity contribution in [3.8, 4) is 0 Å². The van der Waals surface area contributed by atoms with Gasteiger partial charge in [-0.1, -0.05) is 36.7 Å². The van der Waals surface area contributed by atoms with Crippen LogP contribution >= 0.6 is 24.0 Å². The third-order valence-corrected chi connectivity index (χ3v) is 5.42. The Morgan fingerprint density at radius 2 is 1.86 bits per heavy atom. The van der Waals surface area contributed by atoms with Gasteiger partial charge in [0.1, 0.15) is 6.54 Å². The van der Waals surface area contributed by atoms with Gasteiger partial charge in [-0.15, -0.1) is 24.0 Å². The van der Waals surface area contributed by atoms with Gasteiger partial charge in [0, 0.05) is 25.7 Å². The Morgan fingerprint density at radius 3 is 2.45 bits per heavy atom. The van der Waals surface area contributed by atoms with E-state index in [1.165, 1.54) is 0 Å². The monoisotopic (exact) mass is 535 g/mol. The van der Waals surface area contributed by atoms with Crippen LogP contribution in [-0.4, -0.2) is 39.2 Å². The van der Waals surface area contributed by atoms with E-state index >= 15 is 0 Å². The molecule has 0 bridgehead atoms. The molecule has 10 heteroatoms. The lowest BCUT2D eigenvalue weighted by atomic mass is 10.1. The van der Waals surface area contributed by atoms with Crippen LogP contribution in [0.25, 0.3) is 0 Å². The van der Waals surface area contributed by atoms with E-state index in [1.54, 1.807) is 24.3 Å². The van der Waals surface area contributed by atoms with Gasteiger partial charge in [-0.05, 0) is 31.9 Å². The number of rotatable bonds is 9. The lowest BCUT2D eigenvalue weighted by Crippen LogP contribution is -2.41. The fourth-order valence-corrected chi connectivity index (χ4v) is 3.37. The van der Waals surface area contributed by atoms with Crippen LogP contribution in [0, 0.1) is 6.92 Å². The van der Waals surface area contributed by atoms with Gasteiger partial charge < -0.3 is 15.2 Å². The van der Waals surface area contributed by atoms with Gasteiger partial charge >= 0.3 is 0 Å². The van der Waals surface area contributed by atoms with Crippen molar-refractivity contribution >= 4 is 40.0 Å². The maximum Gasteiger partial charge on any atom is 0.240 e. The molecular formula is C19H30IN5O3S. The molecule has 0 unspecified atom stereocenters. The zero-order valence-corrected chi connectivity index (χ0v) is 20.4. The molecular weight excluding hydrogens is 505 g/mol. The Labute approximate surface area is 190 Å². The summed E-state index contributed by atoms with van der Waals surface area (Å²) in [5.74, 6) is 1.56. The van der Waals surface area contributed by atoms with Crippen molar-refractivity contribution in [1.82, 2.24) is 20.5 Å². The number of nitrogens with one attached hydrogen (secondary N) is 3. The van der Waals surface area contributed by atoms with Crippen molar-refractivity contribution < 1.29 is 12.9 Å². The minimum Gasteiger partial charge on any atom is -0.359 e. The zero-order chi connectivity index (χ0) is 20.6. The predicted molar refractivity (Wildman–Crippen MR) is 125 cm³/mol. The molecule has 0 amide bonds. The molecule has 2 rings (SSSR count). The van der Waals surface area contributed by atoms with E-state index in [0.717, 1.165) is 11.3 Å². The topological polar surface area (TPSA) is 109 Å². The molecule has 0 saturated heterocycles. The highest BCUT2D eigenvalue weighted by Gasteiger charge is 2.12. The molecule has 0 spiro atoms. The molecule has 1 aromatic carbocycles. The number of hydrogen-bond acceptors (Lipinski definition) is 5. The Balaban J connectivity index is 0.00000420. The second kappa shape index (κ2) is 12.1. The predicted octanol–water partition coefficient (Wildman–Crippen LogP) is 2.76. The summed E-state index contributed by atoms with van der Waals surface area (Å²) in [6, 6.07) is 8.64. The quantitative estimate of drug-likeness (QED) is 0.197. The number of guanidine groups is 1. The first-order valence-corrected chi connectivity index (χ1v) is 10.8. The van der Waals surface area contributed by atoms with Crippen molar-refractivity contribution in [2.24, 2.45) is 4.99 Å². The molecule has 2 aromatic rings. The molecule has 0 saturated carbocycles. The minimum absolute atomic E-state index is 0. The molecule has 8 nitrogen and oxygen atoms in total. The summed E-state index contributed by atoms with van der Waals surface area (Å²) in [7, 11) is -3.52. The molecule has 0 aliphatic carbocycles. The molecule has 29 heavy (non-hydrogen) atoms. The van der Waals surface area contributed by atoms with E-state index < -0.39 is 10.0 Å². The second-order valence-electron chi connectivity index (χ2n) is 6.71. The average Bonchev–Trinajstić information content (AvgIpc) is 3.13. The molecule has 1 heterocycles. The Kier molecular flexibility index (Phi) is 10.6. The maximum atomic E-state index is 12.3. The van der Waals surface area contributed by atoms with Gasteiger partial charge in [0.2, 0.25) is 10.0 Å². The van der Waals surface area contributed by atoms with Crippen LogP contribution in [0.4, 0.5) is 0 Å². The summed E-state index contributed by atoms with van der Waals surface area (Å²) in [6.07, 6.45) is 0. The number of hydrogen-bond donors (Lipinski definition) is 3. The lowest BCUT2D eigenvalue weighted by molar-refractivity contribution is 0.376.